The summed E-state index contributed by atoms with van der Waals surface area (Å²) in [6.45, 7) is 5.77. The van der Waals surface area contributed by atoms with E-state index < -0.39 is 0 Å². The second-order valence-electron chi connectivity index (χ2n) is 4.10. The number of hydrogen-bond acceptors (Lipinski definition) is 1. The molecule has 0 N–H and O–H groups in total. The summed E-state index contributed by atoms with van der Waals surface area (Å²) in [5.74, 6) is 0.240. The van der Waals surface area contributed by atoms with E-state index in [9.17, 15) is 4.79 Å². The second kappa shape index (κ2) is 7.33. The Labute approximate surface area is 109 Å². The lowest BCUT2D eigenvalue weighted by molar-refractivity contribution is -0.131. The molecule has 0 saturated heterocycles. The molecule has 0 bridgehead atoms. The highest BCUT2D eigenvalue weighted by Gasteiger charge is 2.10. The van der Waals surface area contributed by atoms with Gasteiger partial charge in [-0.2, -0.15) is 0 Å². The summed E-state index contributed by atoms with van der Waals surface area (Å²) in [6, 6.07) is 7.69. The molecule has 0 aliphatic carbocycles. The first kappa shape index (κ1) is 14.0. The molecule has 0 radical (unpaired) electrons. The van der Waals surface area contributed by atoms with Crippen molar-refractivity contribution in [3.8, 4) is 0 Å². The van der Waals surface area contributed by atoms with Crippen LogP contribution in [0.3, 0.4) is 0 Å². The normalized spacial score (nSPS) is 10.3. The predicted octanol–water partition coefficient (Wildman–Crippen LogP) is 3.53. The van der Waals surface area contributed by atoms with Gasteiger partial charge in [0.2, 0.25) is 5.91 Å². The number of benzene rings is 1. The SMILES string of the molecule is CCCN(CC)C(=O)CCc1ccc(Cl)cc1. The third-order valence-corrected chi connectivity index (χ3v) is 3.02. The highest BCUT2D eigenvalue weighted by Crippen LogP contribution is 2.11. The van der Waals surface area contributed by atoms with Crippen LogP contribution in [0.25, 0.3) is 0 Å². The number of hydrogen-bond donors (Lipinski definition) is 0. The molecule has 0 aliphatic rings. The molecule has 0 atom stereocenters. The zero-order chi connectivity index (χ0) is 12.7. The molecule has 0 aromatic heterocycles. The van der Waals surface area contributed by atoms with Crippen LogP contribution in [-0.4, -0.2) is 23.9 Å². The Balaban J connectivity index is 2.44. The minimum Gasteiger partial charge on any atom is -0.343 e. The Kier molecular flexibility index (Phi) is 6.06. The van der Waals surface area contributed by atoms with Crippen molar-refractivity contribution in [2.24, 2.45) is 0 Å². The molecular weight excluding hydrogens is 234 g/mol. The van der Waals surface area contributed by atoms with Crippen LogP contribution in [0.15, 0.2) is 24.3 Å². The molecule has 0 spiro atoms. The Hall–Kier alpha value is -1.02. The van der Waals surface area contributed by atoms with Crippen molar-refractivity contribution in [3.05, 3.63) is 34.9 Å². The molecule has 1 amide bonds. The monoisotopic (exact) mass is 253 g/mol. The van der Waals surface area contributed by atoms with Crippen molar-refractivity contribution in [3.63, 3.8) is 0 Å². The number of carbonyl (C=O) groups is 1. The first-order valence-corrected chi connectivity index (χ1v) is 6.57. The maximum atomic E-state index is 11.9. The van der Waals surface area contributed by atoms with Crippen LogP contribution in [0.4, 0.5) is 0 Å². The number of amides is 1. The third kappa shape index (κ3) is 4.78. The molecule has 0 fully saturated rings. The highest BCUT2D eigenvalue weighted by molar-refractivity contribution is 6.30. The summed E-state index contributed by atoms with van der Waals surface area (Å²) >= 11 is 5.81. The number of halogens is 1. The van der Waals surface area contributed by atoms with Crippen LogP contribution in [-0.2, 0) is 11.2 Å². The van der Waals surface area contributed by atoms with Gasteiger partial charge in [-0.05, 0) is 37.5 Å². The lowest BCUT2D eigenvalue weighted by Gasteiger charge is -2.19. The van der Waals surface area contributed by atoms with E-state index in [1.54, 1.807) is 0 Å². The van der Waals surface area contributed by atoms with Gasteiger partial charge in [0.25, 0.3) is 0 Å². The van der Waals surface area contributed by atoms with E-state index in [0.717, 1.165) is 36.5 Å². The average molecular weight is 254 g/mol. The van der Waals surface area contributed by atoms with Gasteiger partial charge < -0.3 is 4.90 Å². The van der Waals surface area contributed by atoms with Gasteiger partial charge >= 0.3 is 0 Å². The van der Waals surface area contributed by atoms with Gasteiger partial charge in [-0.25, -0.2) is 0 Å². The van der Waals surface area contributed by atoms with Crippen molar-refractivity contribution in [2.45, 2.75) is 33.1 Å². The molecule has 0 unspecified atom stereocenters. The van der Waals surface area contributed by atoms with Crippen LogP contribution < -0.4 is 0 Å². The van der Waals surface area contributed by atoms with Gasteiger partial charge in [0.05, 0.1) is 0 Å². The van der Waals surface area contributed by atoms with Gasteiger partial charge in [-0.15, -0.1) is 0 Å². The predicted molar refractivity (Wildman–Crippen MR) is 72.3 cm³/mol. The van der Waals surface area contributed by atoms with Crippen molar-refractivity contribution in [1.82, 2.24) is 4.90 Å². The summed E-state index contributed by atoms with van der Waals surface area (Å²) in [5, 5.41) is 0.737. The summed E-state index contributed by atoms with van der Waals surface area (Å²) in [4.78, 5) is 13.8. The lowest BCUT2D eigenvalue weighted by atomic mass is 10.1. The summed E-state index contributed by atoms with van der Waals surface area (Å²) in [5.41, 5.74) is 1.16. The number of rotatable bonds is 6. The topological polar surface area (TPSA) is 20.3 Å². The molecule has 17 heavy (non-hydrogen) atoms. The van der Waals surface area contributed by atoms with Gasteiger partial charge in [0, 0.05) is 24.5 Å². The van der Waals surface area contributed by atoms with Crippen LogP contribution in [0.1, 0.15) is 32.3 Å². The molecule has 1 aromatic rings. The highest BCUT2D eigenvalue weighted by atomic mass is 35.5. The van der Waals surface area contributed by atoms with Crippen LogP contribution in [0, 0.1) is 0 Å². The van der Waals surface area contributed by atoms with Crippen molar-refractivity contribution in [1.29, 1.82) is 0 Å². The second-order valence-corrected chi connectivity index (χ2v) is 4.54. The van der Waals surface area contributed by atoms with Crippen molar-refractivity contribution < 1.29 is 4.79 Å². The first-order valence-electron chi connectivity index (χ1n) is 6.19. The minimum atomic E-state index is 0.240. The fourth-order valence-corrected chi connectivity index (χ4v) is 1.92. The van der Waals surface area contributed by atoms with Crippen LogP contribution in [0.2, 0.25) is 5.02 Å². The first-order chi connectivity index (χ1) is 8.17. The largest absolute Gasteiger partial charge is 0.343 e. The fraction of sp³-hybridized carbons (Fsp3) is 0.500. The van der Waals surface area contributed by atoms with Crippen molar-refractivity contribution in [2.75, 3.05) is 13.1 Å². The molecule has 0 saturated carbocycles. The fourth-order valence-electron chi connectivity index (χ4n) is 1.79. The summed E-state index contributed by atoms with van der Waals surface area (Å²) < 4.78 is 0. The van der Waals surface area contributed by atoms with Gasteiger partial charge in [-0.3, -0.25) is 4.79 Å². The lowest BCUT2D eigenvalue weighted by Crippen LogP contribution is -2.31. The number of carbonyl (C=O) groups excluding carboxylic acids is 1. The van der Waals surface area contributed by atoms with E-state index in [2.05, 4.69) is 6.92 Å². The van der Waals surface area contributed by atoms with E-state index in [1.165, 1.54) is 0 Å². The molecule has 94 valence electrons. The Morgan fingerprint density at radius 1 is 1.24 bits per heavy atom. The minimum absolute atomic E-state index is 0.240. The maximum Gasteiger partial charge on any atom is 0.222 e. The quantitative estimate of drug-likeness (QED) is 0.760. The zero-order valence-electron chi connectivity index (χ0n) is 10.6. The zero-order valence-corrected chi connectivity index (χ0v) is 11.3. The molecular formula is C14H20ClNO. The Morgan fingerprint density at radius 3 is 2.41 bits per heavy atom. The van der Waals surface area contributed by atoms with E-state index in [-0.39, 0.29) is 5.91 Å². The Bertz CT molecular complexity index is 348. The molecule has 3 heteroatoms. The Morgan fingerprint density at radius 2 is 1.88 bits per heavy atom. The van der Waals surface area contributed by atoms with E-state index in [4.69, 9.17) is 11.6 Å². The van der Waals surface area contributed by atoms with Gasteiger partial charge in [0.15, 0.2) is 0 Å². The number of nitrogens with zero attached hydrogens (tertiary/aromatic N) is 1. The molecule has 1 rings (SSSR count). The van der Waals surface area contributed by atoms with Crippen LogP contribution in [0.5, 0.6) is 0 Å². The van der Waals surface area contributed by atoms with E-state index >= 15 is 0 Å². The average Bonchev–Trinajstić information content (AvgIpc) is 2.35. The third-order valence-electron chi connectivity index (χ3n) is 2.77. The van der Waals surface area contributed by atoms with E-state index in [1.807, 2.05) is 36.1 Å². The molecule has 0 aliphatic heterocycles. The summed E-state index contributed by atoms with van der Waals surface area (Å²) in [6.07, 6.45) is 2.38. The van der Waals surface area contributed by atoms with Gasteiger partial charge in [0.1, 0.15) is 0 Å². The standard InChI is InChI=1S/C14H20ClNO/c1-3-11-16(4-2)14(17)10-7-12-5-8-13(15)9-6-12/h5-6,8-9H,3-4,7,10-11H2,1-2H3. The smallest absolute Gasteiger partial charge is 0.222 e. The van der Waals surface area contributed by atoms with Gasteiger partial charge in [-0.1, -0.05) is 30.7 Å². The molecule has 2 nitrogen and oxygen atoms in total. The maximum absolute atomic E-state index is 11.9. The molecule has 1 aromatic carbocycles. The van der Waals surface area contributed by atoms with Crippen molar-refractivity contribution >= 4 is 17.5 Å². The van der Waals surface area contributed by atoms with E-state index in [0.29, 0.717) is 6.42 Å². The van der Waals surface area contributed by atoms with Crippen LogP contribution >= 0.6 is 11.6 Å². The molecule has 0 heterocycles. The summed E-state index contributed by atoms with van der Waals surface area (Å²) in [7, 11) is 0. The number of aryl methyl sites for hydroxylation is 1.